The van der Waals surface area contributed by atoms with E-state index in [2.05, 4.69) is 10.6 Å². The van der Waals surface area contributed by atoms with Crippen LogP contribution in [0.1, 0.15) is 23.1 Å². The lowest BCUT2D eigenvalue weighted by Gasteiger charge is -2.14. The summed E-state index contributed by atoms with van der Waals surface area (Å²) in [6.07, 6.45) is 2.06. The summed E-state index contributed by atoms with van der Waals surface area (Å²) in [5.74, 6) is 0.824. The van der Waals surface area contributed by atoms with E-state index in [0.29, 0.717) is 13.0 Å². The van der Waals surface area contributed by atoms with Gasteiger partial charge in [0.1, 0.15) is 11.8 Å². The number of carbonyl (C=O) groups excluding carboxylic acids is 1. The number of carbonyl (C=O) groups is 1. The van der Waals surface area contributed by atoms with E-state index < -0.39 is 0 Å². The number of rotatable bonds is 6. The van der Waals surface area contributed by atoms with E-state index in [9.17, 15) is 4.79 Å². The fraction of sp³-hybridized carbons (Fsp3) is 0.308. The standard InChI is InChI=1S/C13H15ClN2O2S/c1-15-12(17)6-7-16-13(9-3-2-8-18-9)10-4-5-11(14)19-10/h2-5,8,13,16H,6-7H2,1H3,(H,15,17). The van der Waals surface area contributed by atoms with Crippen LogP contribution < -0.4 is 10.6 Å². The van der Waals surface area contributed by atoms with Gasteiger partial charge in [-0.3, -0.25) is 4.79 Å². The number of hydrogen-bond donors (Lipinski definition) is 2. The van der Waals surface area contributed by atoms with Crippen molar-refractivity contribution in [3.05, 3.63) is 45.5 Å². The Labute approximate surface area is 120 Å². The van der Waals surface area contributed by atoms with Crippen molar-refractivity contribution in [3.63, 3.8) is 0 Å². The molecule has 2 aromatic rings. The maximum absolute atomic E-state index is 11.2. The Bertz CT molecular complexity index is 524. The van der Waals surface area contributed by atoms with Gasteiger partial charge in [-0.05, 0) is 24.3 Å². The molecule has 2 rings (SSSR count). The lowest BCUT2D eigenvalue weighted by Crippen LogP contribution is -2.27. The molecule has 0 fully saturated rings. The molecule has 4 nitrogen and oxygen atoms in total. The van der Waals surface area contributed by atoms with Gasteiger partial charge in [0.15, 0.2) is 0 Å². The van der Waals surface area contributed by atoms with Gasteiger partial charge in [-0.2, -0.15) is 0 Å². The fourth-order valence-electron chi connectivity index (χ4n) is 1.74. The van der Waals surface area contributed by atoms with Gasteiger partial charge in [-0.1, -0.05) is 11.6 Å². The highest BCUT2D eigenvalue weighted by Gasteiger charge is 2.18. The van der Waals surface area contributed by atoms with Gasteiger partial charge >= 0.3 is 0 Å². The quantitative estimate of drug-likeness (QED) is 0.862. The van der Waals surface area contributed by atoms with E-state index in [1.54, 1.807) is 13.3 Å². The van der Waals surface area contributed by atoms with Crippen LogP contribution in [0.15, 0.2) is 34.9 Å². The van der Waals surface area contributed by atoms with Crippen LogP contribution in [0.5, 0.6) is 0 Å². The monoisotopic (exact) mass is 298 g/mol. The van der Waals surface area contributed by atoms with Crippen molar-refractivity contribution in [1.29, 1.82) is 0 Å². The van der Waals surface area contributed by atoms with E-state index in [0.717, 1.165) is 15.0 Å². The molecule has 0 spiro atoms. The van der Waals surface area contributed by atoms with E-state index in [4.69, 9.17) is 16.0 Å². The third-order valence-electron chi connectivity index (χ3n) is 2.69. The van der Waals surface area contributed by atoms with Gasteiger partial charge in [0.25, 0.3) is 0 Å². The van der Waals surface area contributed by atoms with Crippen LogP contribution in [-0.2, 0) is 4.79 Å². The Hall–Kier alpha value is -1.30. The Morgan fingerprint density at radius 2 is 2.32 bits per heavy atom. The first-order valence-corrected chi connectivity index (χ1v) is 7.12. The fourth-order valence-corrected chi connectivity index (χ4v) is 2.88. The number of furan rings is 1. The lowest BCUT2D eigenvalue weighted by atomic mass is 10.2. The smallest absolute Gasteiger partial charge is 0.221 e. The molecule has 0 aliphatic heterocycles. The Morgan fingerprint density at radius 1 is 1.47 bits per heavy atom. The zero-order valence-electron chi connectivity index (χ0n) is 10.5. The first-order chi connectivity index (χ1) is 9.20. The Morgan fingerprint density at radius 3 is 2.89 bits per heavy atom. The van der Waals surface area contributed by atoms with Crippen molar-refractivity contribution in [2.45, 2.75) is 12.5 Å². The summed E-state index contributed by atoms with van der Waals surface area (Å²) in [5, 5.41) is 5.91. The minimum absolute atomic E-state index is 0.00917. The van der Waals surface area contributed by atoms with Crippen molar-refractivity contribution in [1.82, 2.24) is 10.6 Å². The zero-order chi connectivity index (χ0) is 13.7. The van der Waals surface area contributed by atoms with Crippen LogP contribution in [0, 0.1) is 0 Å². The highest BCUT2D eigenvalue weighted by molar-refractivity contribution is 7.16. The predicted molar refractivity (Wildman–Crippen MR) is 76.6 cm³/mol. The van der Waals surface area contributed by atoms with Crippen molar-refractivity contribution < 1.29 is 9.21 Å². The van der Waals surface area contributed by atoms with Gasteiger partial charge in [-0.25, -0.2) is 0 Å². The highest BCUT2D eigenvalue weighted by Crippen LogP contribution is 2.31. The first kappa shape index (κ1) is 14.1. The lowest BCUT2D eigenvalue weighted by molar-refractivity contribution is -0.120. The molecule has 1 atom stereocenters. The average Bonchev–Trinajstić information content (AvgIpc) is 3.06. The molecule has 6 heteroatoms. The second-order valence-electron chi connectivity index (χ2n) is 3.97. The van der Waals surface area contributed by atoms with Crippen LogP contribution in [-0.4, -0.2) is 19.5 Å². The van der Waals surface area contributed by atoms with Gasteiger partial charge in [0.05, 0.1) is 10.6 Å². The zero-order valence-corrected chi connectivity index (χ0v) is 12.1. The Balaban J connectivity index is 2.05. The molecule has 0 saturated carbocycles. The van der Waals surface area contributed by atoms with Crippen LogP contribution in [0.2, 0.25) is 4.34 Å². The number of nitrogens with one attached hydrogen (secondary N) is 2. The number of hydrogen-bond acceptors (Lipinski definition) is 4. The number of halogens is 1. The van der Waals surface area contributed by atoms with E-state index in [1.165, 1.54) is 11.3 Å². The van der Waals surface area contributed by atoms with Crippen molar-refractivity contribution in [3.8, 4) is 0 Å². The molecule has 2 N–H and O–H groups in total. The molecule has 0 bridgehead atoms. The minimum Gasteiger partial charge on any atom is -0.467 e. The molecule has 102 valence electrons. The molecular weight excluding hydrogens is 284 g/mol. The first-order valence-electron chi connectivity index (χ1n) is 5.93. The summed E-state index contributed by atoms with van der Waals surface area (Å²) in [6, 6.07) is 7.51. The molecule has 1 unspecified atom stereocenters. The maximum atomic E-state index is 11.2. The summed E-state index contributed by atoms with van der Waals surface area (Å²) in [4.78, 5) is 12.3. The normalized spacial score (nSPS) is 12.3. The summed E-state index contributed by atoms with van der Waals surface area (Å²) in [6.45, 7) is 0.570. The van der Waals surface area contributed by atoms with E-state index in [-0.39, 0.29) is 11.9 Å². The third-order valence-corrected chi connectivity index (χ3v) is 3.98. The molecule has 0 saturated heterocycles. The van der Waals surface area contributed by atoms with Crippen molar-refractivity contribution in [2.24, 2.45) is 0 Å². The summed E-state index contributed by atoms with van der Waals surface area (Å²) < 4.78 is 6.18. The van der Waals surface area contributed by atoms with Crippen LogP contribution in [0.3, 0.4) is 0 Å². The molecule has 19 heavy (non-hydrogen) atoms. The molecule has 2 aromatic heterocycles. The van der Waals surface area contributed by atoms with Gasteiger partial charge in [0.2, 0.25) is 5.91 Å². The molecule has 1 amide bonds. The summed E-state index contributed by atoms with van der Waals surface area (Å²) in [5.41, 5.74) is 0. The van der Waals surface area contributed by atoms with Crippen LogP contribution in [0.4, 0.5) is 0 Å². The van der Waals surface area contributed by atoms with Gasteiger partial charge < -0.3 is 15.1 Å². The number of thiophene rings is 1. The molecular formula is C13H15ClN2O2S. The SMILES string of the molecule is CNC(=O)CCNC(c1ccco1)c1ccc(Cl)s1. The topological polar surface area (TPSA) is 54.3 Å². The molecule has 0 aromatic carbocycles. The number of amides is 1. The summed E-state index contributed by atoms with van der Waals surface area (Å²) >= 11 is 7.47. The van der Waals surface area contributed by atoms with E-state index in [1.807, 2.05) is 24.3 Å². The second kappa shape index (κ2) is 6.75. The largest absolute Gasteiger partial charge is 0.467 e. The van der Waals surface area contributed by atoms with Crippen LogP contribution in [0.25, 0.3) is 0 Å². The van der Waals surface area contributed by atoms with Crippen molar-refractivity contribution in [2.75, 3.05) is 13.6 Å². The minimum atomic E-state index is -0.0721. The summed E-state index contributed by atoms with van der Waals surface area (Å²) in [7, 11) is 1.63. The Kier molecular flexibility index (Phi) is 5.01. The predicted octanol–water partition coefficient (Wildman–Crippen LogP) is 2.81. The second-order valence-corrected chi connectivity index (χ2v) is 5.71. The third kappa shape index (κ3) is 3.83. The molecule has 0 aliphatic carbocycles. The van der Waals surface area contributed by atoms with Crippen molar-refractivity contribution >= 4 is 28.8 Å². The van der Waals surface area contributed by atoms with Gasteiger partial charge in [0, 0.05) is 24.9 Å². The molecule has 0 aliphatic rings. The van der Waals surface area contributed by atoms with Crippen LogP contribution >= 0.6 is 22.9 Å². The molecule has 2 heterocycles. The molecule has 0 radical (unpaired) electrons. The maximum Gasteiger partial charge on any atom is 0.221 e. The van der Waals surface area contributed by atoms with E-state index >= 15 is 0 Å². The average molecular weight is 299 g/mol. The highest BCUT2D eigenvalue weighted by atomic mass is 35.5. The van der Waals surface area contributed by atoms with Gasteiger partial charge in [-0.15, -0.1) is 11.3 Å².